The van der Waals surface area contributed by atoms with E-state index < -0.39 is 6.04 Å². The van der Waals surface area contributed by atoms with E-state index in [0.717, 1.165) is 22.9 Å². The van der Waals surface area contributed by atoms with E-state index in [-0.39, 0.29) is 11.3 Å². The summed E-state index contributed by atoms with van der Waals surface area (Å²) >= 11 is 0. The number of aromatic nitrogens is 6. The molecule has 0 aliphatic carbocycles. The Balaban J connectivity index is 1.73. The first-order valence-electron chi connectivity index (χ1n) is 10.8. The van der Waals surface area contributed by atoms with Crippen LogP contribution >= 0.6 is 0 Å². The van der Waals surface area contributed by atoms with Crippen molar-refractivity contribution in [3.8, 4) is 11.1 Å². The van der Waals surface area contributed by atoms with E-state index in [1.165, 1.54) is 0 Å². The summed E-state index contributed by atoms with van der Waals surface area (Å²) in [6.45, 7) is 4.44. The third-order valence-corrected chi connectivity index (χ3v) is 5.62. The van der Waals surface area contributed by atoms with Gasteiger partial charge in [0, 0.05) is 49.4 Å². The minimum absolute atomic E-state index is 0.206. The summed E-state index contributed by atoms with van der Waals surface area (Å²) in [5, 5.41) is 20.5. The Hall–Kier alpha value is -4.05. The van der Waals surface area contributed by atoms with Crippen LogP contribution in [0.5, 0.6) is 0 Å². The maximum Gasteiger partial charge on any atom is 0.258 e. The molecule has 0 amide bonds. The molecule has 0 radical (unpaired) electrons. The van der Waals surface area contributed by atoms with Crippen molar-refractivity contribution in [1.29, 1.82) is 5.41 Å². The van der Waals surface area contributed by atoms with Crippen LogP contribution in [0.4, 0.5) is 0 Å². The molecule has 0 bridgehead atoms. The van der Waals surface area contributed by atoms with E-state index in [1.807, 2.05) is 55.9 Å². The molecule has 10 heteroatoms. The quantitative estimate of drug-likeness (QED) is 0.233. The predicted molar refractivity (Wildman–Crippen MR) is 129 cm³/mol. The molecule has 4 aromatic rings. The van der Waals surface area contributed by atoms with Crippen LogP contribution in [0, 0.1) is 12.3 Å². The highest BCUT2D eigenvalue weighted by Gasteiger charge is 2.19. The number of hydrogen-bond donors (Lipinski definition) is 1. The maximum absolute atomic E-state index is 13.4. The number of ether oxygens (including phenoxy) is 2. The van der Waals surface area contributed by atoms with Crippen LogP contribution in [-0.2, 0) is 16.5 Å². The average Bonchev–Trinajstić information content (AvgIpc) is 3.46. The van der Waals surface area contributed by atoms with Crippen LogP contribution in [0.25, 0.3) is 22.9 Å². The molecule has 0 unspecified atom stereocenters. The van der Waals surface area contributed by atoms with Gasteiger partial charge in [-0.2, -0.15) is 5.10 Å². The Bertz CT molecular complexity index is 1410. The van der Waals surface area contributed by atoms with Crippen LogP contribution in [0.3, 0.4) is 0 Å². The topological polar surface area (TPSA) is 112 Å². The third kappa shape index (κ3) is 4.53. The molecule has 4 aromatic heterocycles. The molecule has 4 heterocycles. The second-order valence-corrected chi connectivity index (χ2v) is 7.94. The largest absolute Gasteiger partial charge is 0.490 e. The zero-order chi connectivity index (χ0) is 24.2. The summed E-state index contributed by atoms with van der Waals surface area (Å²) in [7, 11) is 3.45. The molecule has 0 aliphatic rings. The average molecular weight is 462 g/mol. The predicted octanol–water partition coefficient (Wildman–Crippen LogP) is 2.86. The van der Waals surface area contributed by atoms with Crippen molar-refractivity contribution in [2.75, 3.05) is 20.3 Å². The van der Waals surface area contributed by atoms with E-state index in [1.54, 1.807) is 34.8 Å². The number of rotatable bonds is 9. The van der Waals surface area contributed by atoms with Gasteiger partial charge < -0.3 is 19.5 Å². The zero-order valence-electron chi connectivity index (χ0n) is 19.6. The highest BCUT2D eigenvalue weighted by molar-refractivity contribution is 5.81. The van der Waals surface area contributed by atoms with Gasteiger partial charge in [0.25, 0.3) is 5.56 Å². The van der Waals surface area contributed by atoms with Gasteiger partial charge in [-0.3, -0.25) is 13.9 Å². The van der Waals surface area contributed by atoms with E-state index >= 15 is 0 Å². The summed E-state index contributed by atoms with van der Waals surface area (Å²) in [4.78, 5) is 13.4. The van der Waals surface area contributed by atoms with E-state index in [9.17, 15) is 4.79 Å². The van der Waals surface area contributed by atoms with Gasteiger partial charge in [-0.1, -0.05) is 0 Å². The van der Waals surface area contributed by atoms with Gasteiger partial charge in [-0.25, -0.2) is 0 Å². The first-order chi connectivity index (χ1) is 16.4. The molecule has 1 N–H and O–H groups in total. The molecule has 0 spiro atoms. The molecule has 4 rings (SSSR count). The lowest BCUT2D eigenvalue weighted by molar-refractivity contribution is 0.118. The molecule has 10 nitrogen and oxygen atoms in total. The molecule has 0 aromatic carbocycles. The normalized spacial score (nSPS) is 12.8. The van der Waals surface area contributed by atoms with Crippen molar-refractivity contribution in [3.63, 3.8) is 0 Å². The highest BCUT2D eigenvalue weighted by Crippen LogP contribution is 2.22. The number of fused-ring (bicyclic) bond motifs is 1. The molecular weight excluding hydrogens is 434 g/mol. The first kappa shape index (κ1) is 23.1. The number of pyridine rings is 2. The van der Waals surface area contributed by atoms with E-state index in [0.29, 0.717) is 30.2 Å². The lowest BCUT2D eigenvalue weighted by Crippen LogP contribution is -2.27. The first-order valence-corrected chi connectivity index (χ1v) is 10.8. The fraction of sp³-hybridized carbons (Fsp3) is 0.292. The van der Waals surface area contributed by atoms with Crippen LogP contribution in [-0.4, -0.2) is 55.5 Å². The lowest BCUT2D eigenvalue weighted by atomic mass is 10.1. The minimum atomic E-state index is -0.391. The highest BCUT2D eigenvalue weighted by atomic mass is 16.5. The number of nitrogens with zero attached hydrogens (tertiary/aromatic N) is 6. The number of hydrogen-bond acceptors (Lipinski definition) is 7. The number of aryl methyl sites for hydroxylation is 2. The number of allylic oxidation sites excluding steroid dienone is 1. The van der Waals surface area contributed by atoms with Crippen molar-refractivity contribution in [3.05, 3.63) is 76.1 Å². The Morgan fingerprint density at radius 3 is 2.71 bits per heavy atom. The van der Waals surface area contributed by atoms with Gasteiger partial charge in [0.1, 0.15) is 12.4 Å². The van der Waals surface area contributed by atoms with Crippen molar-refractivity contribution < 1.29 is 9.47 Å². The summed E-state index contributed by atoms with van der Waals surface area (Å²) in [5.41, 5.74) is 3.67. The number of nitrogens with one attached hydrogen (secondary N) is 1. The SMILES string of the molecule is COCCO/C(C=N)=C/c1c(C)ccn([C@H](C)c2nnc3ccc(-c4cnn(C)c4)cn23)c1=O. The Labute approximate surface area is 196 Å². The van der Waals surface area contributed by atoms with Gasteiger partial charge >= 0.3 is 0 Å². The summed E-state index contributed by atoms with van der Waals surface area (Å²) in [5.74, 6) is 0.918. The second-order valence-electron chi connectivity index (χ2n) is 7.94. The van der Waals surface area contributed by atoms with Crippen molar-refractivity contribution in [1.82, 2.24) is 28.9 Å². The van der Waals surface area contributed by atoms with Crippen LogP contribution in [0.15, 0.2) is 53.5 Å². The number of methoxy groups -OCH3 is 1. The van der Waals surface area contributed by atoms with Crippen LogP contribution in [0.2, 0.25) is 0 Å². The van der Waals surface area contributed by atoms with Crippen molar-refractivity contribution >= 4 is 17.9 Å². The molecule has 34 heavy (non-hydrogen) atoms. The van der Waals surface area contributed by atoms with E-state index in [4.69, 9.17) is 14.9 Å². The zero-order valence-corrected chi connectivity index (χ0v) is 19.6. The minimum Gasteiger partial charge on any atom is -0.490 e. The summed E-state index contributed by atoms with van der Waals surface area (Å²) < 4.78 is 15.8. The maximum atomic E-state index is 13.4. The summed E-state index contributed by atoms with van der Waals surface area (Å²) in [6.07, 6.45) is 10.1. The van der Waals surface area contributed by atoms with Gasteiger partial charge in [-0.05, 0) is 43.7 Å². The molecule has 0 saturated carbocycles. The van der Waals surface area contributed by atoms with Gasteiger partial charge in [0.15, 0.2) is 11.5 Å². The standard InChI is InChI=1S/C24H27N7O3/c1-16-7-8-30(24(32)21(16)11-20(12-25)34-10-9-33-4)17(2)23-28-27-22-6-5-18(15-31(22)23)19-13-26-29(3)14-19/h5-8,11-15,17,25H,9-10H2,1-4H3/b20-11+,25-12?/t17-/m1/s1. The molecule has 176 valence electrons. The van der Waals surface area contributed by atoms with Crippen LogP contribution in [0.1, 0.15) is 29.9 Å². The molecule has 0 saturated heterocycles. The summed E-state index contributed by atoms with van der Waals surface area (Å²) in [6, 6.07) is 5.34. The molecule has 0 aliphatic heterocycles. The Morgan fingerprint density at radius 2 is 2.00 bits per heavy atom. The molecule has 0 fully saturated rings. The monoisotopic (exact) mass is 461 g/mol. The van der Waals surface area contributed by atoms with Gasteiger partial charge in [0.2, 0.25) is 0 Å². The van der Waals surface area contributed by atoms with Gasteiger partial charge in [-0.15, -0.1) is 10.2 Å². The van der Waals surface area contributed by atoms with Gasteiger partial charge in [0.05, 0.1) is 25.1 Å². The van der Waals surface area contributed by atoms with Crippen molar-refractivity contribution in [2.24, 2.45) is 7.05 Å². The fourth-order valence-corrected chi connectivity index (χ4v) is 3.71. The molecule has 1 atom stereocenters. The van der Waals surface area contributed by atoms with Crippen molar-refractivity contribution in [2.45, 2.75) is 19.9 Å². The lowest BCUT2D eigenvalue weighted by Gasteiger charge is -2.16. The fourth-order valence-electron chi connectivity index (χ4n) is 3.71. The third-order valence-electron chi connectivity index (χ3n) is 5.62. The Morgan fingerprint density at radius 1 is 1.18 bits per heavy atom. The Kier molecular flexibility index (Phi) is 6.69. The smallest absolute Gasteiger partial charge is 0.258 e. The molecular formula is C24H27N7O3. The second kappa shape index (κ2) is 9.84. The van der Waals surface area contributed by atoms with Crippen LogP contribution < -0.4 is 5.56 Å². The van der Waals surface area contributed by atoms with E-state index in [2.05, 4.69) is 15.3 Å².